The first kappa shape index (κ1) is 25.1. The van der Waals surface area contributed by atoms with Crippen LogP contribution in [0.5, 0.6) is 0 Å². The molecule has 7 heteroatoms. The van der Waals surface area contributed by atoms with E-state index in [9.17, 15) is 4.79 Å². The number of fused-ring (bicyclic) bond motifs is 1. The molecule has 184 valence electrons. The van der Waals surface area contributed by atoms with E-state index >= 15 is 0 Å². The monoisotopic (exact) mass is 489 g/mol. The Bertz CT molecular complexity index is 1350. The van der Waals surface area contributed by atoms with Crippen molar-refractivity contribution in [3.63, 3.8) is 0 Å². The molecule has 2 heterocycles. The summed E-state index contributed by atoms with van der Waals surface area (Å²) in [4.78, 5) is 22.7. The molecule has 0 aliphatic carbocycles. The molecule has 0 fully saturated rings. The van der Waals surface area contributed by atoms with E-state index in [0.29, 0.717) is 19.0 Å². The van der Waals surface area contributed by atoms with Gasteiger partial charge in [0.25, 0.3) is 0 Å². The minimum atomic E-state index is 0.0558. The normalized spacial score (nSPS) is 11.7. The van der Waals surface area contributed by atoms with Crippen molar-refractivity contribution < 1.29 is 4.79 Å². The van der Waals surface area contributed by atoms with Crippen LogP contribution in [0.1, 0.15) is 48.4 Å². The number of aromatic nitrogens is 3. The topological polar surface area (TPSA) is 54.3 Å². The average Bonchev–Trinajstić information content (AvgIpc) is 3.38. The number of hydrogen-bond donors (Lipinski definition) is 0. The highest BCUT2D eigenvalue weighted by Crippen LogP contribution is 2.37. The van der Waals surface area contributed by atoms with Gasteiger partial charge >= 0.3 is 0 Å². The molecule has 0 N–H and O–H groups in total. The molecule has 0 bridgehead atoms. The Kier molecular flexibility index (Phi) is 7.38. The van der Waals surface area contributed by atoms with Crippen LogP contribution in [0.2, 0.25) is 0 Å². The van der Waals surface area contributed by atoms with Crippen LogP contribution >= 0.6 is 11.3 Å². The highest BCUT2D eigenvalue weighted by atomic mass is 32.1. The number of hydrogen-bond acceptors (Lipinski definition) is 5. The van der Waals surface area contributed by atoms with E-state index in [4.69, 9.17) is 10.1 Å². The van der Waals surface area contributed by atoms with Gasteiger partial charge in [0.05, 0.1) is 23.4 Å². The second-order valence-corrected chi connectivity index (χ2v) is 10.9. The lowest BCUT2D eigenvalue weighted by Gasteiger charge is -2.22. The molecule has 2 aromatic carbocycles. The zero-order valence-electron chi connectivity index (χ0n) is 21.8. The molecule has 0 radical (unpaired) electrons. The van der Waals surface area contributed by atoms with Gasteiger partial charge in [0.15, 0.2) is 0 Å². The summed E-state index contributed by atoms with van der Waals surface area (Å²) >= 11 is 1.70. The second kappa shape index (κ2) is 10.3. The maximum absolute atomic E-state index is 12.4. The lowest BCUT2D eigenvalue weighted by molar-refractivity contribution is -0.129. The Balaban J connectivity index is 1.82. The van der Waals surface area contributed by atoms with Gasteiger partial charge in [0, 0.05) is 35.8 Å². The molecule has 0 saturated carbocycles. The second-order valence-electron chi connectivity index (χ2n) is 9.86. The fraction of sp³-hybridized carbons (Fsp3) is 0.393. The lowest BCUT2D eigenvalue weighted by Crippen LogP contribution is -2.34. The number of carbonyl (C=O) groups excluding carboxylic acids is 1. The maximum atomic E-state index is 12.4. The SMILES string of the molecule is CC(=O)N(CCN(C)C)Cc1nn(-c2nc(-c3cccc(C)c3)c(C(C)C)s2)c2ccc(C)cc12. The summed E-state index contributed by atoms with van der Waals surface area (Å²) in [5.74, 6) is 0.403. The molecular weight excluding hydrogens is 454 g/mol. The Labute approximate surface area is 212 Å². The molecular formula is C28H35N5OS. The zero-order valence-corrected chi connectivity index (χ0v) is 22.6. The Morgan fingerprint density at radius 2 is 1.80 bits per heavy atom. The fourth-order valence-corrected chi connectivity index (χ4v) is 5.26. The third-order valence-electron chi connectivity index (χ3n) is 6.15. The minimum absolute atomic E-state index is 0.0558. The minimum Gasteiger partial charge on any atom is -0.336 e. The molecule has 0 aliphatic rings. The van der Waals surface area contributed by atoms with Gasteiger partial charge in [-0.3, -0.25) is 4.79 Å². The van der Waals surface area contributed by atoms with E-state index in [-0.39, 0.29) is 5.91 Å². The molecule has 2 aromatic heterocycles. The van der Waals surface area contributed by atoms with Crippen LogP contribution in [0, 0.1) is 13.8 Å². The molecule has 0 saturated heterocycles. The van der Waals surface area contributed by atoms with Gasteiger partial charge in [-0.05, 0) is 52.1 Å². The number of rotatable bonds is 8. The van der Waals surface area contributed by atoms with Crippen molar-refractivity contribution in [3.05, 3.63) is 64.2 Å². The highest BCUT2D eigenvalue weighted by molar-refractivity contribution is 7.14. The zero-order chi connectivity index (χ0) is 25.3. The van der Waals surface area contributed by atoms with E-state index in [2.05, 4.69) is 75.1 Å². The van der Waals surface area contributed by atoms with Gasteiger partial charge in [-0.25, -0.2) is 9.67 Å². The lowest BCUT2D eigenvalue weighted by atomic mass is 10.0. The van der Waals surface area contributed by atoms with Crippen LogP contribution in [0.15, 0.2) is 42.5 Å². The van der Waals surface area contributed by atoms with Crippen LogP contribution in [0.4, 0.5) is 0 Å². The first-order valence-corrected chi connectivity index (χ1v) is 12.9. The van der Waals surface area contributed by atoms with E-state index < -0.39 is 0 Å². The van der Waals surface area contributed by atoms with Crippen LogP contribution < -0.4 is 0 Å². The molecule has 0 aliphatic heterocycles. The largest absolute Gasteiger partial charge is 0.336 e. The summed E-state index contributed by atoms with van der Waals surface area (Å²) in [5, 5.41) is 6.96. The van der Waals surface area contributed by atoms with E-state index in [0.717, 1.165) is 39.5 Å². The van der Waals surface area contributed by atoms with Crippen molar-refractivity contribution in [2.24, 2.45) is 0 Å². The molecule has 0 spiro atoms. The fourth-order valence-electron chi connectivity index (χ4n) is 4.21. The standard InChI is InChI=1S/C28H35N5OS/c1-18(2)27-26(22-10-8-9-19(3)15-22)29-28(35-27)33-25-12-11-20(4)16-23(25)24(30-33)17-32(21(5)34)14-13-31(6)7/h8-12,15-16,18H,13-14,17H2,1-7H3. The number of carbonyl (C=O) groups is 1. The molecule has 4 aromatic rings. The van der Waals surface area contributed by atoms with Crippen molar-refractivity contribution >= 4 is 28.1 Å². The Morgan fingerprint density at radius 3 is 2.46 bits per heavy atom. The number of benzene rings is 2. The molecule has 1 amide bonds. The first-order chi connectivity index (χ1) is 16.6. The third kappa shape index (κ3) is 5.46. The number of likely N-dealkylation sites (N-methyl/N-ethyl adjacent to an activating group) is 1. The summed E-state index contributed by atoms with van der Waals surface area (Å²) in [7, 11) is 4.04. The summed E-state index contributed by atoms with van der Waals surface area (Å²) < 4.78 is 1.96. The van der Waals surface area contributed by atoms with Gasteiger partial charge in [-0.15, -0.1) is 0 Å². The number of nitrogens with zero attached hydrogens (tertiary/aromatic N) is 5. The quantitative estimate of drug-likeness (QED) is 0.314. The van der Waals surface area contributed by atoms with E-state index in [1.165, 1.54) is 16.0 Å². The van der Waals surface area contributed by atoms with Gasteiger partial charge < -0.3 is 9.80 Å². The number of amides is 1. The van der Waals surface area contributed by atoms with Gasteiger partial charge in [0.2, 0.25) is 11.0 Å². The maximum Gasteiger partial charge on any atom is 0.219 e. The summed E-state index contributed by atoms with van der Waals surface area (Å²) in [6.45, 7) is 12.2. The summed E-state index contributed by atoms with van der Waals surface area (Å²) in [5.41, 5.74) is 6.46. The van der Waals surface area contributed by atoms with E-state index in [1.807, 2.05) is 23.7 Å². The smallest absolute Gasteiger partial charge is 0.219 e. The summed E-state index contributed by atoms with van der Waals surface area (Å²) in [6, 6.07) is 14.9. The van der Waals surface area contributed by atoms with Gasteiger partial charge in [0.1, 0.15) is 0 Å². The molecule has 6 nitrogen and oxygen atoms in total. The van der Waals surface area contributed by atoms with Crippen molar-refractivity contribution in [1.82, 2.24) is 24.6 Å². The van der Waals surface area contributed by atoms with Gasteiger partial charge in [-0.2, -0.15) is 5.10 Å². The first-order valence-electron chi connectivity index (χ1n) is 12.1. The third-order valence-corrected chi connectivity index (χ3v) is 7.49. The molecule has 0 atom stereocenters. The van der Waals surface area contributed by atoms with Crippen LogP contribution in [-0.4, -0.2) is 57.7 Å². The van der Waals surface area contributed by atoms with Crippen molar-refractivity contribution in [1.29, 1.82) is 0 Å². The number of aryl methyl sites for hydroxylation is 2. The summed E-state index contributed by atoms with van der Waals surface area (Å²) in [6.07, 6.45) is 0. The predicted molar refractivity (Wildman–Crippen MR) is 145 cm³/mol. The predicted octanol–water partition coefficient (Wildman–Crippen LogP) is 5.80. The van der Waals surface area contributed by atoms with E-state index in [1.54, 1.807) is 18.3 Å². The van der Waals surface area contributed by atoms with Crippen molar-refractivity contribution in [2.75, 3.05) is 27.2 Å². The average molecular weight is 490 g/mol. The molecule has 0 unspecified atom stereocenters. The Morgan fingerprint density at radius 1 is 1.06 bits per heavy atom. The number of thiazole rings is 1. The van der Waals surface area contributed by atoms with Gasteiger partial charge in [-0.1, -0.05) is 60.6 Å². The molecule has 35 heavy (non-hydrogen) atoms. The van der Waals surface area contributed by atoms with Crippen LogP contribution in [0.3, 0.4) is 0 Å². The van der Waals surface area contributed by atoms with Crippen LogP contribution in [0.25, 0.3) is 27.3 Å². The van der Waals surface area contributed by atoms with Crippen molar-refractivity contribution in [2.45, 2.75) is 47.1 Å². The van der Waals surface area contributed by atoms with Crippen LogP contribution in [-0.2, 0) is 11.3 Å². The highest BCUT2D eigenvalue weighted by Gasteiger charge is 2.22. The Hall–Kier alpha value is -3.03. The molecule has 4 rings (SSSR count). The van der Waals surface area contributed by atoms with Crippen molar-refractivity contribution in [3.8, 4) is 16.4 Å².